The molecule has 1 unspecified atom stereocenters. The predicted octanol–water partition coefficient (Wildman–Crippen LogP) is 2.41. The lowest BCUT2D eigenvalue weighted by Crippen LogP contribution is -2.24. The molecule has 142 valence electrons. The number of rotatable bonds is 7. The Kier molecular flexibility index (Phi) is 5.23. The molecule has 0 bridgehead atoms. The molecule has 0 saturated carbocycles. The van der Waals surface area contributed by atoms with E-state index in [1.54, 1.807) is 11.8 Å². The minimum Gasteiger partial charge on any atom is -0.485 e. The van der Waals surface area contributed by atoms with Crippen LogP contribution in [0.1, 0.15) is 37.5 Å². The Bertz CT molecular complexity index is 910. The number of aryl methyl sites for hydroxylation is 1. The molecule has 0 saturated heterocycles. The number of tetrazole rings is 1. The molecule has 2 aromatic heterocycles. The lowest BCUT2D eigenvalue weighted by atomic mass is 10.2. The number of hydrogen-bond donors (Lipinski definition) is 0. The van der Waals surface area contributed by atoms with Crippen molar-refractivity contribution in [3.63, 3.8) is 0 Å². The predicted molar refractivity (Wildman–Crippen MR) is 98.6 cm³/mol. The van der Waals surface area contributed by atoms with Gasteiger partial charge in [-0.05, 0) is 29.0 Å². The van der Waals surface area contributed by atoms with Gasteiger partial charge in [-0.2, -0.15) is 0 Å². The topological polar surface area (TPSA) is 92.8 Å². The van der Waals surface area contributed by atoms with Crippen LogP contribution >= 0.6 is 11.8 Å². The number of fused-ring (bicyclic) bond motifs is 1. The SMILES string of the molecule is CCCCn1nnnc1CSc1nnc(C2COc3ccccc3O2)n1C. The van der Waals surface area contributed by atoms with Gasteiger partial charge >= 0.3 is 0 Å². The van der Waals surface area contributed by atoms with Gasteiger partial charge in [0.05, 0.1) is 5.75 Å². The fraction of sp³-hybridized carbons (Fsp3) is 0.471. The highest BCUT2D eigenvalue weighted by atomic mass is 32.2. The van der Waals surface area contributed by atoms with Gasteiger partial charge in [0.1, 0.15) is 6.61 Å². The number of benzene rings is 1. The van der Waals surface area contributed by atoms with Crippen LogP contribution in [-0.4, -0.2) is 41.6 Å². The van der Waals surface area contributed by atoms with E-state index in [1.807, 2.05) is 40.6 Å². The first kappa shape index (κ1) is 17.8. The molecule has 27 heavy (non-hydrogen) atoms. The van der Waals surface area contributed by atoms with Gasteiger partial charge in [-0.15, -0.1) is 15.3 Å². The van der Waals surface area contributed by atoms with Gasteiger partial charge in [0.15, 0.2) is 34.4 Å². The zero-order valence-corrected chi connectivity index (χ0v) is 16.1. The van der Waals surface area contributed by atoms with E-state index in [2.05, 4.69) is 32.6 Å². The number of hydrogen-bond acceptors (Lipinski definition) is 8. The molecule has 0 spiro atoms. The average molecular weight is 387 g/mol. The number of para-hydroxylation sites is 2. The minimum absolute atomic E-state index is 0.290. The molecule has 1 aliphatic rings. The lowest BCUT2D eigenvalue weighted by Gasteiger charge is -2.25. The van der Waals surface area contributed by atoms with Crippen LogP contribution in [0.25, 0.3) is 0 Å². The zero-order chi connectivity index (χ0) is 18.6. The third-order valence-electron chi connectivity index (χ3n) is 4.33. The summed E-state index contributed by atoms with van der Waals surface area (Å²) in [4.78, 5) is 0. The fourth-order valence-corrected chi connectivity index (χ4v) is 3.67. The van der Waals surface area contributed by atoms with Crippen molar-refractivity contribution in [2.24, 2.45) is 7.05 Å². The monoisotopic (exact) mass is 387 g/mol. The highest BCUT2D eigenvalue weighted by Crippen LogP contribution is 2.35. The van der Waals surface area contributed by atoms with E-state index >= 15 is 0 Å². The van der Waals surface area contributed by atoms with Crippen LogP contribution in [-0.2, 0) is 19.3 Å². The molecule has 10 heteroatoms. The quantitative estimate of drug-likeness (QED) is 0.571. The summed E-state index contributed by atoms with van der Waals surface area (Å²) in [5.74, 6) is 3.68. The van der Waals surface area contributed by atoms with Crippen molar-refractivity contribution in [3.05, 3.63) is 35.9 Å². The molecule has 0 radical (unpaired) electrons. The van der Waals surface area contributed by atoms with Crippen molar-refractivity contribution in [1.82, 2.24) is 35.0 Å². The van der Waals surface area contributed by atoms with Crippen LogP contribution in [0.15, 0.2) is 29.4 Å². The largest absolute Gasteiger partial charge is 0.485 e. The Balaban J connectivity index is 1.43. The smallest absolute Gasteiger partial charge is 0.192 e. The summed E-state index contributed by atoms with van der Waals surface area (Å²) in [6.07, 6.45) is 1.87. The molecular formula is C17H21N7O2S. The van der Waals surface area contributed by atoms with Gasteiger partial charge in [-0.3, -0.25) is 0 Å². The highest BCUT2D eigenvalue weighted by Gasteiger charge is 2.27. The van der Waals surface area contributed by atoms with Gasteiger partial charge in [0.25, 0.3) is 0 Å². The van der Waals surface area contributed by atoms with E-state index in [4.69, 9.17) is 9.47 Å². The average Bonchev–Trinajstić information content (AvgIpc) is 3.30. The van der Waals surface area contributed by atoms with Crippen LogP contribution in [0, 0.1) is 0 Å². The third-order valence-corrected chi connectivity index (χ3v) is 5.34. The summed E-state index contributed by atoms with van der Waals surface area (Å²) in [5, 5.41) is 21.3. The summed E-state index contributed by atoms with van der Waals surface area (Å²) in [6, 6.07) is 7.63. The van der Waals surface area contributed by atoms with Crippen LogP contribution in [0.2, 0.25) is 0 Å². The molecule has 0 amide bonds. The third kappa shape index (κ3) is 3.75. The van der Waals surface area contributed by atoms with Gasteiger partial charge in [-0.1, -0.05) is 37.2 Å². The van der Waals surface area contributed by atoms with E-state index in [0.717, 1.165) is 47.7 Å². The Morgan fingerprint density at radius 1 is 1.19 bits per heavy atom. The van der Waals surface area contributed by atoms with Crippen LogP contribution in [0.5, 0.6) is 11.5 Å². The first-order valence-electron chi connectivity index (χ1n) is 8.92. The normalized spacial score (nSPS) is 15.9. The Hall–Kier alpha value is -2.62. The summed E-state index contributed by atoms with van der Waals surface area (Å²) in [6.45, 7) is 3.38. The maximum absolute atomic E-state index is 6.03. The molecule has 4 rings (SSSR count). The van der Waals surface area contributed by atoms with Crippen molar-refractivity contribution in [2.75, 3.05) is 6.61 Å². The Morgan fingerprint density at radius 3 is 2.89 bits per heavy atom. The van der Waals surface area contributed by atoms with Crippen molar-refractivity contribution in [1.29, 1.82) is 0 Å². The second-order valence-corrected chi connectivity index (χ2v) is 7.17. The molecule has 9 nitrogen and oxygen atoms in total. The van der Waals surface area contributed by atoms with E-state index in [0.29, 0.717) is 12.4 Å². The molecular weight excluding hydrogens is 366 g/mol. The molecule has 1 atom stereocenters. The Morgan fingerprint density at radius 2 is 2.04 bits per heavy atom. The first-order valence-corrected chi connectivity index (χ1v) is 9.90. The number of thioether (sulfide) groups is 1. The van der Waals surface area contributed by atoms with E-state index < -0.39 is 0 Å². The maximum Gasteiger partial charge on any atom is 0.192 e. The van der Waals surface area contributed by atoms with Gasteiger partial charge in [0, 0.05) is 13.6 Å². The molecule has 1 aliphatic heterocycles. The Labute approximate surface area is 161 Å². The first-order chi connectivity index (χ1) is 13.3. The highest BCUT2D eigenvalue weighted by molar-refractivity contribution is 7.98. The van der Waals surface area contributed by atoms with Crippen molar-refractivity contribution >= 4 is 11.8 Å². The summed E-state index contributed by atoms with van der Waals surface area (Å²) < 4.78 is 15.6. The molecule has 0 aliphatic carbocycles. The van der Waals surface area contributed by atoms with E-state index in [-0.39, 0.29) is 6.10 Å². The van der Waals surface area contributed by atoms with E-state index in [9.17, 15) is 0 Å². The number of aromatic nitrogens is 7. The summed E-state index contributed by atoms with van der Waals surface area (Å²) >= 11 is 1.55. The number of nitrogens with zero attached hydrogens (tertiary/aromatic N) is 7. The van der Waals surface area contributed by atoms with Gasteiger partial charge < -0.3 is 14.0 Å². The van der Waals surface area contributed by atoms with Crippen LogP contribution in [0.4, 0.5) is 0 Å². The zero-order valence-electron chi connectivity index (χ0n) is 15.3. The van der Waals surface area contributed by atoms with Gasteiger partial charge in [0.2, 0.25) is 0 Å². The number of unbranched alkanes of at least 4 members (excludes halogenated alkanes) is 1. The molecule has 0 fully saturated rings. The lowest BCUT2D eigenvalue weighted by molar-refractivity contribution is 0.0825. The minimum atomic E-state index is -0.290. The second-order valence-electron chi connectivity index (χ2n) is 6.22. The van der Waals surface area contributed by atoms with Crippen LogP contribution < -0.4 is 9.47 Å². The fourth-order valence-electron chi connectivity index (χ4n) is 2.82. The number of ether oxygens (including phenoxy) is 2. The maximum atomic E-state index is 6.03. The second kappa shape index (κ2) is 7.95. The molecule has 3 heterocycles. The molecule has 1 aromatic carbocycles. The molecule has 0 N–H and O–H groups in total. The summed E-state index contributed by atoms with van der Waals surface area (Å²) in [7, 11) is 1.93. The summed E-state index contributed by atoms with van der Waals surface area (Å²) in [5.41, 5.74) is 0. The van der Waals surface area contributed by atoms with Crippen molar-refractivity contribution in [2.45, 2.75) is 43.3 Å². The van der Waals surface area contributed by atoms with Gasteiger partial charge in [-0.25, -0.2) is 4.68 Å². The van der Waals surface area contributed by atoms with Crippen molar-refractivity contribution in [3.8, 4) is 11.5 Å². The standard InChI is InChI=1S/C17H21N7O2S/c1-3-4-9-24-15(18-21-22-24)11-27-17-20-19-16(23(17)2)14-10-25-12-7-5-6-8-13(12)26-14/h5-8,14H,3-4,9-11H2,1-2H3. The molecule has 3 aromatic rings. The van der Waals surface area contributed by atoms with Crippen LogP contribution in [0.3, 0.4) is 0 Å². The van der Waals surface area contributed by atoms with E-state index in [1.165, 1.54) is 0 Å². The van der Waals surface area contributed by atoms with Crippen molar-refractivity contribution < 1.29 is 9.47 Å².